The van der Waals surface area contributed by atoms with Crippen molar-refractivity contribution in [3.8, 4) is 0 Å². The number of hydrogen-bond acceptors (Lipinski definition) is 4. The number of Topliss-reactive ketones (excluding diaryl/α,β-unsaturated/α-hetero) is 1. The Morgan fingerprint density at radius 3 is 2.22 bits per heavy atom. The summed E-state index contributed by atoms with van der Waals surface area (Å²) in [5.74, 6) is -0.374. The maximum atomic E-state index is 12.2. The lowest BCUT2D eigenvalue weighted by molar-refractivity contribution is -0.118. The van der Waals surface area contributed by atoms with Crippen LogP contribution in [0.2, 0.25) is 0 Å². The SMILES string of the molecule is CCC(C(=O)CP(=O)(OC)OC)c1ccccc1. The van der Waals surface area contributed by atoms with E-state index in [2.05, 4.69) is 0 Å². The highest BCUT2D eigenvalue weighted by Gasteiger charge is 2.29. The van der Waals surface area contributed by atoms with Crippen LogP contribution >= 0.6 is 7.60 Å². The predicted molar refractivity (Wildman–Crippen MR) is 71.0 cm³/mol. The fraction of sp³-hybridized carbons (Fsp3) is 0.462. The Morgan fingerprint density at radius 1 is 1.22 bits per heavy atom. The molecule has 0 aliphatic heterocycles. The van der Waals surface area contributed by atoms with Gasteiger partial charge >= 0.3 is 7.60 Å². The first-order chi connectivity index (χ1) is 8.56. The molecule has 0 aliphatic rings. The van der Waals surface area contributed by atoms with Gasteiger partial charge in [0.05, 0.1) is 0 Å². The molecule has 5 heteroatoms. The second-order valence-electron chi connectivity index (χ2n) is 3.97. The normalized spacial score (nSPS) is 13.3. The largest absolute Gasteiger partial charge is 0.337 e. The van der Waals surface area contributed by atoms with Gasteiger partial charge in [0.1, 0.15) is 6.16 Å². The molecule has 4 nitrogen and oxygen atoms in total. The van der Waals surface area contributed by atoms with E-state index < -0.39 is 7.60 Å². The Labute approximate surface area is 108 Å². The molecule has 1 rings (SSSR count). The Bertz CT molecular complexity index is 422. The van der Waals surface area contributed by atoms with Crippen LogP contribution in [0.25, 0.3) is 0 Å². The fourth-order valence-electron chi connectivity index (χ4n) is 1.84. The fourth-order valence-corrected chi connectivity index (χ4v) is 2.85. The van der Waals surface area contributed by atoms with Crippen LogP contribution in [-0.4, -0.2) is 26.2 Å². The molecular weight excluding hydrogens is 251 g/mol. The molecule has 0 N–H and O–H groups in total. The molecule has 0 bridgehead atoms. The van der Waals surface area contributed by atoms with Gasteiger partial charge in [0.25, 0.3) is 0 Å². The summed E-state index contributed by atoms with van der Waals surface area (Å²) in [4.78, 5) is 12.2. The zero-order valence-electron chi connectivity index (χ0n) is 11.0. The topological polar surface area (TPSA) is 52.6 Å². The monoisotopic (exact) mass is 270 g/mol. The summed E-state index contributed by atoms with van der Waals surface area (Å²) >= 11 is 0. The van der Waals surface area contributed by atoms with Crippen molar-refractivity contribution in [2.45, 2.75) is 19.3 Å². The van der Waals surface area contributed by atoms with E-state index in [-0.39, 0.29) is 17.9 Å². The smallest absolute Gasteiger partial charge is 0.312 e. The molecule has 18 heavy (non-hydrogen) atoms. The van der Waals surface area contributed by atoms with Crippen LogP contribution in [0.3, 0.4) is 0 Å². The Morgan fingerprint density at radius 2 is 1.78 bits per heavy atom. The van der Waals surface area contributed by atoms with Crippen LogP contribution in [0.15, 0.2) is 30.3 Å². The molecule has 0 radical (unpaired) electrons. The highest BCUT2D eigenvalue weighted by Crippen LogP contribution is 2.47. The number of rotatable bonds is 7. The Kier molecular flexibility index (Phi) is 5.73. The van der Waals surface area contributed by atoms with Gasteiger partial charge in [-0.3, -0.25) is 9.36 Å². The lowest BCUT2D eigenvalue weighted by atomic mass is 9.93. The molecular formula is C13H19O4P. The van der Waals surface area contributed by atoms with Crippen LogP contribution in [0, 0.1) is 0 Å². The third-order valence-corrected chi connectivity index (χ3v) is 4.72. The predicted octanol–water partition coefficient (Wildman–Crippen LogP) is 3.24. The highest BCUT2D eigenvalue weighted by molar-refractivity contribution is 7.54. The van der Waals surface area contributed by atoms with Gasteiger partial charge in [-0.1, -0.05) is 37.3 Å². The highest BCUT2D eigenvalue weighted by atomic mass is 31.2. The molecule has 1 atom stereocenters. The number of benzene rings is 1. The average Bonchev–Trinajstić information content (AvgIpc) is 2.40. The number of ketones is 1. The third-order valence-electron chi connectivity index (χ3n) is 2.90. The molecule has 1 aromatic rings. The van der Waals surface area contributed by atoms with Gasteiger partial charge in [0, 0.05) is 20.1 Å². The summed E-state index contributed by atoms with van der Waals surface area (Å²) in [7, 11) is -0.689. The van der Waals surface area contributed by atoms with Crippen molar-refractivity contribution in [3.05, 3.63) is 35.9 Å². The maximum absolute atomic E-state index is 12.2. The minimum absolute atomic E-state index is 0.115. The second-order valence-corrected chi connectivity index (χ2v) is 6.24. The Hall–Kier alpha value is -0.960. The summed E-state index contributed by atoms with van der Waals surface area (Å²) in [5, 5.41) is 0. The van der Waals surface area contributed by atoms with Crippen LogP contribution in [0.4, 0.5) is 0 Å². The van der Waals surface area contributed by atoms with E-state index in [1.54, 1.807) is 0 Å². The van der Waals surface area contributed by atoms with Gasteiger partial charge in [0.15, 0.2) is 5.78 Å². The number of hydrogen-bond donors (Lipinski definition) is 0. The molecule has 0 aromatic heterocycles. The zero-order chi connectivity index (χ0) is 13.6. The van der Waals surface area contributed by atoms with Crippen molar-refractivity contribution in [2.24, 2.45) is 0 Å². The minimum Gasteiger partial charge on any atom is -0.312 e. The number of carbonyl (C=O) groups excluding carboxylic acids is 1. The van der Waals surface area contributed by atoms with Gasteiger partial charge in [-0.05, 0) is 12.0 Å². The first-order valence-electron chi connectivity index (χ1n) is 5.84. The molecule has 100 valence electrons. The first-order valence-corrected chi connectivity index (χ1v) is 7.57. The molecule has 0 spiro atoms. The molecule has 0 heterocycles. The molecule has 0 saturated heterocycles. The molecule has 0 saturated carbocycles. The summed E-state index contributed by atoms with van der Waals surface area (Å²) in [5.41, 5.74) is 0.934. The quantitative estimate of drug-likeness (QED) is 0.714. The van der Waals surface area contributed by atoms with Crippen LogP contribution in [-0.2, 0) is 18.4 Å². The zero-order valence-corrected chi connectivity index (χ0v) is 11.9. The van der Waals surface area contributed by atoms with E-state index in [1.165, 1.54) is 14.2 Å². The van der Waals surface area contributed by atoms with Crippen molar-refractivity contribution in [3.63, 3.8) is 0 Å². The van der Waals surface area contributed by atoms with Crippen LogP contribution in [0.1, 0.15) is 24.8 Å². The maximum Gasteiger partial charge on any atom is 0.337 e. The molecule has 1 aromatic carbocycles. The van der Waals surface area contributed by atoms with E-state index in [0.717, 1.165) is 5.56 Å². The van der Waals surface area contributed by atoms with Gasteiger partial charge < -0.3 is 9.05 Å². The summed E-state index contributed by atoms with van der Waals surface area (Å²) in [6.45, 7) is 1.93. The van der Waals surface area contributed by atoms with Crippen molar-refractivity contribution >= 4 is 13.4 Å². The van der Waals surface area contributed by atoms with Crippen molar-refractivity contribution in [2.75, 3.05) is 20.4 Å². The van der Waals surface area contributed by atoms with Crippen molar-refractivity contribution in [1.82, 2.24) is 0 Å². The molecule has 0 aliphatic carbocycles. The van der Waals surface area contributed by atoms with Crippen LogP contribution < -0.4 is 0 Å². The number of carbonyl (C=O) groups is 1. The van der Waals surface area contributed by atoms with E-state index in [4.69, 9.17) is 9.05 Å². The second kappa shape index (κ2) is 6.83. The Balaban J connectivity index is 2.85. The van der Waals surface area contributed by atoms with E-state index in [1.807, 2.05) is 37.3 Å². The van der Waals surface area contributed by atoms with Gasteiger partial charge in [0.2, 0.25) is 0 Å². The van der Waals surface area contributed by atoms with Crippen molar-refractivity contribution < 1.29 is 18.4 Å². The summed E-state index contributed by atoms with van der Waals surface area (Å²) in [6, 6.07) is 9.47. The summed E-state index contributed by atoms with van der Waals surface area (Å²) < 4.78 is 21.5. The standard InChI is InChI=1S/C13H19O4P/c1-4-12(11-8-6-5-7-9-11)13(14)10-18(15,16-2)17-3/h5-9,12H,4,10H2,1-3H3. The molecule has 0 fully saturated rings. The van der Waals surface area contributed by atoms with E-state index >= 15 is 0 Å². The van der Waals surface area contributed by atoms with Crippen LogP contribution in [0.5, 0.6) is 0 Å². The van der Waals surface area contributed by atoms with E-state index in [0.29, 0.717) is 6.42 Å². The molecule has 0 amide bonds. The van der Waals surface area contributed by atoms with Gasteiger partial charge in [-0.25, -0.2) is 0 Å². The molecule has 1 unspecified atom stereocenters. The first kappa shape index (κ1) is 15.1. The average molecular weight is 270 g/mol. The third kappa shape index (κ3) is 3.77. The lowest BCUT2D eigenvalue weighted by Gasteiger charge is -2.18. The van der Waals surface area contributed by atoms with Gasteiger partial charge in [-0.15, -0.1) is 0 Å². The lowest BCUT2D eigenvalue weighted by Crippen LogP contribution is -2.17. The van der Waals surface area contributed by atoms with Gasteiger partial charge in [-0.2, -0.15) is 0 Å². The summed E-state index contributed by atoms with van der Waals surface area (Å²) in [6.07, 6.45) is 0.476. The van der Waals surface area contributed by atoms with Crippen molar-refractivity contribution in [1.29, 1.82) is 0 Å². The van der Waals surface area contributed by atoms with E-state index in [9.17, 15) is 9.36 Å². The minimum atomic E-state index is -3.27.